The quantitative estimate of drug-likeness (QED) is 0.842. The lowest BCUT2D eigenvalue weighted by atomic mass is 9.89. The lowest BCUT2D eigenvalue weighted by molar-refractivity contribution is 0.378. The second-order valence-corrected chi connectivity index (χ2v) is 5.55. The SMILES string of the molecule is Fc1cc(Cl)cnc1NCC1CCCC(Cl)C1. The van der Waals surface area contributed by atoms with E-state index < -0.39 is 5.82 Å². The first-order valence-electron chi connectivity index (χ1n) is 5.84. The second-order valence-electron chi connectivity index (χ2n) is 4.49. The standard InChI is InChI=1S/C12H15Cl2FN2/c13-9-3-1-2-8(4-9)6-16-12-11(15)5-10(14)7-17-12/h5,7-9H,1-4,6H2,(H,16,17). The maximum atomic E-state index is 13.4. The Kier molecular flexibility index (Phi) is 4.46. The summed E-state index contributed by atoms with van der Waals surface area (Å²) in [6.45, 7) is 0.717. The summed E-state index contributed by atoms with van der Waals surface area (Å²) in [5, 5.41) is 3.60. The van der Waals surface area contributed by atoms with Crippen LogP contribution in [0.3, 0.4) is 0 Å². The molecule has 2 atom stereocenters. The van der Waals surface area contributed by atoms with Crippen LogP contribution < -0.4 is 5.32 Å². The summed E-state index contributed by atoms with van der Waals surface area (Å²) in [7, 11) is 0. The van der Waals surface area contributed by atoms with Gasteiger partial charge in [0.1, 0.15) is 0 Å². The van der Waals surface area contributed by atoms with Gasteiger partial charge in [-0.05, 0) is 31.2 Å². The van der Waals surface area contributed by atoms with Gasteiger partial charge < -0.3 is 5.32 Å². The molecule has 5 heteroatoms. The summed E-state index contributed by atoms with van der Waals surface area (Å²) in [6, 6.07) is 1.27. The molecule has 2 nitrogen and oxygen atoms in total. The van der Waals surface area contributed by atoms with Crippen LogP contribution in [0.4, 0.5) is 10.2 Å². The number of hydrogen-bond donors (Lipinski definition) is 1. The lowest BCUT2D eigenvalue weighted by Gasteiger charge is -2.25. The van der Waals surface area contributed by atoms with Gasteiger partial charge in [0.05, 0.1) is 5.02 Å². The number of rotatable bonds is 3. The molecule has 1 fully saturated rings. The Morgan fingerprint density at radius 3 is 3.00 bits per heavy atom. The molecule has 1 heterocycles. The highest BCUT2D eigenvalue weighted by atomic mass is 35.5. The van der Waals surface area contributed by atoms with Gasteiger partial charge in [-0.2, -0.15) is 0 Å². The topological polar surface area (TPSA) is 24.9 Å². The van der Waals surface area contributed by atoms with Crippen molar-refractivity contribution in [1.82, 2.24) is 4.98 Å². The van der Waals surface area contributed by atoms with E-state index in [-0.39, 0.29) is 11.2 Å². The summed E-state index contributed by atoms with van der Waals surface area (Å²) in [5.41, 5.74) is 0. The van der Waals surface area contributed by atoms with Gasteiger partial charge >= 0.3 is 0 Å². The Bertz CT molecular complexity index is 387. The number of nitrogens with zero attached hydrogens (tertiary/aromatic N) is 1. The highest BCUT2D eigenvalue weighted by Crippen LogP contribution is 2.28. The molecule has 17 heavy (non-hydrogen) atoms. The van der Waals surface area contributed by atoms with Crippen LogP contribution in [0.2, 0.25) is 5.02 Å². The first-order valence-corrected chi connectivity index (χ1v) is 6.65. The third kappa shape index (κ3) is 3.71. The first-order chi connectivity index (χ1) is 8.15. The number of pyridine rings is 1. The van der Waals surface area contributed by atoms with E-state index in [1.807, 2.05) is 0 Å². The molecule has 0 aliphatic heterocycles. The molecule has 2 rings (SSSR count). The highest BCUT2D eigenvalue weighted by molar-refractivity contribution is 6.30. The summed E-state index contributed by atoms with van der Waals surface area (Å²) >= 11 is 11.7. The molecule has 94 valence electrons. The second kappa shape index (κ2) is 5.87. The zero-order valence-electron chi connectivity index (χ0n) is 9.43. The molecule has 1 aromatic rings. The average Bonchev–Trinajstić information content (AvgIpc) is 2.28. The van der Waals surface area contributed by atoms with Crippen molar-refractivity contribution in [2.24, 2.45) is 5.92 Å². The van der Waals surface area contributed by atoms with Gasteiger partial charge in [-0.15, -0.1) is 11.6 Å². The van der Waals surface area contributed by atoms with Crippen LogP contribution in [-0.4, -0.2) is 16.9 Å². The van der Waals surface area contributed by atoms with E-state index in [0.29, 0.717) is 10.9 Å². The van der Waals surface area contributed by atoms with Crippen molar-refractivity contribution >= 4 is 29.0 Å². The third-order valence-corrected chi connectivity index (χ3v) is 3.69. The van der Waals surface area contributed by atoms with Gasteiger partial charge in [-0.1, -0.05) is 18.0 Å². The van der Waals surface area contributed by atoms with Crippen molar-refractivity contribution in [3.05, 3.63) is 23.1 Å². The van der Waals surface area contributed by atoms with E-state index in [2.05, 4.69) is 10.3 Å². The zero-order chi connectivity index (χ0) is 12.3. The van der Waals surface area contributed by atoms with Gasteiger partial charge in [-0.3, -0.25) is 0 Å². The molecule has 0 spiro atoms. The lowest BCUT2D eigenvalue weighted by Crippen LogP contribution is -2.23. The zero-order valence-corrected chi connectivity index (χ0v) is 10.9. The van der Waals surface area contributed by atoms with Gasteiger partial charge in [0.15, 0.2) is 11.6 Å². The fraction of sp³-hybridized carbons (Fsp3) is 0.583. The highest BCUT2D eigenvalue weighted by Gasteiger charge is 2.20. The van der Waals surface area contributed by atoms with Gasteiger partial charge in [0.2, 0.25) is 0 Å². The van der Waals surface area contributed by atoms with Crippen LogP contribution in [0.15, 0.2) is 12.3 Å². The van der Waals surface area contributed by atoms with Crippen molar-refractivity contribution in [3.8, 4) is 0 Å². The fourth-order valence-electron chi connectivity index (χ4n) is 2.20. The number of halogens is 3. The van der Waals surface area contributed by atoms with Gasteiger partial charge in [0, 0.05) is 18.1 Å². The molecular formula is C12H15Cl2FN2. The summed E-state index contributed by atoms with van der Waals surface area (Å²) < 4.78 is 13.4. The number of alkyl halides is 1. The molecule has 1 aliphatic rings. The molecule has 0 aromatic carbocycles. The third-order valence-electron chi connectivity index (χ3n) is 3.08. The molecule has 0 saturated heterocycles. The van der Waals surface area contributed by atoms with Crippen molar-refractivity contribution in [3.63, 3.8) is 0 Å². The Morgan fingerprint density at radius 2 is 2.29 bits per heavy atom. The predicted octanol–water partition coefficient (Wildman–Crippen LogP) is 4.08. The maximum Gasteiger partial charge on any atom is 0.166 e. The minimum atomic E-state index is -0.407. The molecular weight excluding hydrogens is 262 g/mol. The van der Waals surface area contributed by atoms with E-state index >= 15 is 0 Å². The van der Waals surface area contributed by atoms with Crippen molar-refractivity contribution in [2.75, 3.05) is 11.9 Å². The molecule has 2 unspecified atom stereocenters. The van der Waals surface area contributed by atoms with Gasteiger partial charge in [-0.25, -0.2) is 9.37 Å². The largest absolute Gasteiger partial charge is 0.367 e. The number of hydrogen-bond acceptors (Lipinski definition) is 2. The first kappa shape index (κ1) is 12.9. The summed E-state index contributed by atoms with van der Waals surface area (Å²) in [5.74, 6) is 0.366. The molecule has 1 aromatic heterocycles. The Balaban J connectivity index is 1.88. The normalized spacial score (nSPS) is 24.6. The minimum absolute atomic E-state index is 0.263. The van der Waals surface area contributed by atoms with Crippen molar-refractivity contribution in [1.29, 1.82) is 0 Å². The van der Waals surface area contributed by atoms with Crippen molar-refractivity contribution in [2.45, 2.75) is 31.1 Å². The molecule has 1 saturated carbocycles. The molecule has 1 N–H and O–H groups in total. The molecule has 0 bridgehead atoms. The van der Waals surface area contributed by atoms with E-state index in [0.717, 1.165) is 32.2 Å². The van der Waals surface area contributed by atoms with E-state index in [1.165, 1.54) is 12.3 Å². The average molecular weight is 277 g/mol. The predicted molar refractivity (Wildman–Crippen MR) is 69.3 cm³/mol. The molecule has 0 radical (unpaired) electrons. The van der Waals surface area contributed by atoms with Crippen molar-refractivity contribution < 1.29 is 4.39 Å². The number of nitrogens with one attached hydrogen (secondary N) is 1. The summed E-state index contributed by atoms with van der Waals surface area (Å²) in [4.78, 5) is 3.93. The maximum absolute atomic E-state index is 13.4. The molecule has 0 amide bonds. The van der Waals surface area contributed by atoms with Crippen LogP contribution in [0.5, 0.6) is 0 Å². The Morgan fingerprint density at radius 1 is 1.47 bits per heavy atom. The smallest absolute Gasteiger partial charge is 0.166 e. The van der Waals surface area contributed by atoms with E-state index in [9.17, 15) is 4.39 Å². The van der Waals surface area contributed by atoms with Crippen LogP contribution >= 0.6 is 23.2 Å². The van der Waals surface area contributed by atoms with Crippen LogP contribution in [0.25, 0.3) is 0 Å². The van der Waals surface area contributed by atoms with Crippen LogP contribution in [0, 0.1) is 11.7 Å². The van der Waals surface area contributed by atoms with E-state index in [4.69, 9.17) is 23.2 Å². The fourth-order valence-corrected chi connectivity index (χ4v) is 2.75. The Labute approximate surface area is 111 Å². The number of aromatic nitrogens is 1. The number of anilines is 1. The monoisotopic (exact) mass is 276 g/mol. The van der Waals surface area contributed by atoms with Crippen LogP contribution in [-0.2, 0) is 0 Å². The Hall–Kier alpha value is -0.540. The van der Waals surface area contributed by atoms with Crippen LogP contribution in [0.1, 0.15) is 25.7 Å². The van der Waals surface area contributed by atoms with E-state index in [1.54, 1.807) is 0 Å². The van der Waals surface area contributed by atoms with Gasteiger partial charge in [0.25, 0.3) is 0 Å². The summed E-state index contributed by atoms with van der Waals surface area (Å²) in [6.07, 6.45) is 5.82. The molecule has 1 aliphatic carbocycles. The minimum Gasteiger partial charge on any atom is -0.367 e.